The highest BCUT2D eigenvalue weighted by atomic mass is 32.1. The van der Waals surface area contributed by atoms with E-state index >= 15 is 0 Å². The summed E-state index contributed by atoms with van der Waals surface area (Å²) in [5.41, 5.74) is 1.95. The average Bonchev–Trinajstić information content (AvgIpc) is 2.97. The van der Waals surface area contributed by atoms with Crippen molar-refractivity contribution in [2.45, 2.75) is 12.3 Å². The number of hydrogen-bond acceptors (Lipinski definition) is 4. The van der Waals surface area contributed by atoms with Crippen LogP contribution in [0.5, 0.6) is 0 Å². The number of aromatic nitrogens is 1. The zero-order valence-electron chi connectivity index (χ0n) is 14.1. The van der Waals surface area contributed by atoms with Crippen molar-refractivity contribution in [1.82, 2.24) is 4.98 Å². The highest BCUT2D eigenvalue weighted by Gasteiger charge is 2.47. The van der Waals surface area contributed by atoms with Gasteiger partial charge in [0.15, 0.2) is 5.40 Å². The third kappa shape index (κ3) is 4.62. The van der Waals surface area contributed by atoms with Gasteiger partial charge in [-0.05, 0) is 30.7 Å². The van der Waals surface area contributed by atoms with Crippen LogP contribution in [0, 0.1) is 6.92 Å². The zero-order valence-corrected chi connectivity index (χ0v) is 16.7. The molecule has 0 spiro atoms. The maximum absolute atomic E-state index is 12.0. The molecule has 0 saturated carbocycles. The van der Waals surface area contributed by atoms with E-state index < -0.39 is 20.6 Å². The number of rotatable bonds is 5. The second kappa shape index (κ2) is 7.41. The molecule has 2 aromatic carbocycles. The average molecular weight is 425 g/mol. The third-order valence-corrected chi connectivity index (χ3v) is 8.58. The molecule has 1 heterocycles. The van der Waals surface area contributed by atoms with Crippen LogP contribution in [-0.2, 0) is 9.13 Å². The van der Waals surface area contributed by atoms with Crippen LogP contribution >= 0.6 is 26.5 Å². The van der Waals surface area contributed by atoms with Gasteiger partial charge in [0.25, 0.3) is 0 Å². The normalized spacial score (nSPS) is 13.5. The van der Waals surface area contributed by atoms with Gasteiger partial charge in [-0.15, -0.1) is 11.3 Å². The van der Waals surface area contributed by atoms with Gasteiger partial charge in [-0.3, -0.25) is 9.13 Å². The maximum atomic E-state index is 12.0. The minimum absolute atomic E-state index is 0.161. The van der Waals surface area contributed by atoms with Crippen LogP contribution in [0.15, 0.2) is 48.5 Å². The van der Waals surface area contributed by atoms with Crippen LogP contribution in [0.4, 0.5) is 0 Å². The Kier molecular flexibility index (Phi) is 5.52. The first kappa shape index (κ1) is 20.1. The van der Waals surface area contributed by atoms with Crippen molar-refractivity contribution in [1.29, 1.82) is 0 Å². The monoisotopic (exact) mass is 425 g/mol. The lowest BCUT2D eigenvalue weighted by Gasteiger charge is -2.21. The van der Waals surface area contributed by atoms with Gasteiger partial charge in [-0.25, -0.2) is 4.98 Å². The molecule has 4 N–H and O–H groups in total. The number of para-hydroxylation sites is 1. The molecule has 0 fully saturated rings. The number of hydrogen-bond donors (Lipinski definition) is 4. The molecule has 0 amide bonds. The summed E-state index contributed by atoms with van der Waals surface area (Å²) in [7, 11) is -10.3. The van der Waals surface area contributed by atoms with Crippen molar-refractivity contribution in [3.63, 3.8) is 0 Å². The fourth-order valence-electron chi connectivity index (χ4n) is 2.64. The van der Waals surface area contributed by atoms with Crippen LogP contribution in [0.3, 0.4) is 0 Å². The molecule has 27 heavy (non-hydrogen) atoms. The van der Waals surface area contributed by atoms with Crippen LogP contribution < -0.4 is 0 Å². The van der Waals surface area contributed by atoms with Gasteiger partial charge in [-0.2, -0.15) is 0 Å². The highest BCUT2D eigenvalue weighted by Crippen LogP contribution is 2.65. The maximum Gasteiger partial charge on any atom is 0.345 e. The molecule has 1 aromatic heterocycles. The molecule has 0 radical (unpaired) electrons. The summed E-state index contributed by atoms with van der Waals surface area (Å²) in [6.07, 6.45) is 1.38. The first-order chi connectivity index (χ1) is 12.6. The molecule has 3 rings (SSSR count). The highest BCUT2D eigenvalue weighted by molar-refractivity contribution is 7.72. The first-order valence-corrected chi connectivity index (χ1v) is 12.0. The Morgan fingerprint density at radius 1 is 1.00 bits per heavy atom. The van der Waals surface area contributed by atoms with Crippen LogP contribution in [0.2, 0.25) is 0 Å². The minimum atomic E-state index is -5.17. The summed E-state index contributed by atoms with van der Waals surface area (Å²) < 4.78 is 24.7. The van der Waals surface area contributed by atoms with Gasteiger partial charge in [0.05, 0.1) is 10.2 Å². The molecule has 0 saturated heterocycles. The van der Waals surface area contributed by atoms with Gasteiger partial charge in [-0.1, -0.05) is 42.0 Å². The predicted molar refractivity (Wildman–Crippen MR) is 107 cm³/mol. The van der Waals surface area contributed by atoms with E-state index in [0.717, 1.165) is 21.6 Å². The molecule has 142 valence electrons. The van der Waals surface area contributed by atoms with Crippen LogP contribution in [0.25, 0.3) is 21.9 Å². The Hall–Kier alpha value is -1.63. The topological polar surface area (TPSA) is 128 Å². The van der Waals surface area contributed by atoms with Gasteiger partial charge in [0.1, 0.15) is 5.01 Å². The van der Waals surface area contributed by atoms with Gasteiger partial charge in [0.2, 0.25) is 0 Å². The lowest BCUT2D eigenvalue weighted by Crippen LogP contribution is -2.12. The Morgan fingerprint density at radius 3 is 2.15 bits per heavy atom. The molecule has 0 bridgehead atoms. The number of nitrogens with zero attached hydrogens (tertiary/aromatic N) is 1. The fraction of sp³-hybridized carbons (Fsp3) is 0.118. The quantitative estimate of drug-likeness (QED) is 0.458. The van der Waals surface area contributed by atoms with E-state index in [0.29, 0.717) is 11.1 Å². The third-order valence-electron chi connectivity index (χ3n) is 3.86. The second-order valence-electron chi connectivity index (χ2n) is 6.05. The largest absolute Gasteiger partial charge is 0.345 e. The van der Waals surface area contributed by atoms with Gasteiger partial charge >= 0.3 is 15.2 Å². The number of fused-ring (bicyclic) bond motifs is 1. The molecule has 0 aliphatic heterocycles. The Bertz CT molecular complexity index is 1040. The molecule has 3 aromatic rings. The number of allylic oxidation sites excluding steroid dienone is 1. The first-order valence-electron chi connectivity index (χ1n) is 7.80. The molecule has 10 heteroatoms. The summed E-state index contributed by atoms with van der Waals surface area (Å²) >= 11 is 1.12. The molecular formula is C17H17NO6P2S. The zero-order chi connectivity index (χ0) is 19.8. The summed E-state index contributed by atoms with van der Waals surface area (Å²) in [5, 5.41) is -2.12. The summed E-state index contributed by atoms with van der Waals surface area (Å²) in [5.74, 6) is 0. The molecule has 7 nitrogen and oxygen atoms in total. The lowest BCUT2D eigenvalue weighted by molar-refractivity contribution is 0.348. The number of aryl methyl sites for hydroxylation is 1. The van der Waals surface area contributed by atoms with Gasteiger partial charge in [0, 0.05) is 5.57 Å². The summed E-state index contributed by atoms with van der Waals surface area (Å²) in [6, 6.07) is 14.1. The van der Waals surface area contributed by atoms with Crippen molar-refractivity contribution >= 4 is 48.4 Å². The van der Waals surface area contributed by atoms with Crippen LogP contribution in [0.1, 0.15) is 16.1 Å². The Labute approximate surface area is 159 Å². The van der Waals surface area contributed by atoms with Gasteiger partial charge < -0.3 is 19.6 Å². The summed E-state index contributed by atoms with van der Waals surface area (Å²) in [6.45, 7) is 1.88. The van der Waals surface area contributed by atoms with E-state index in [1.165, 1.54) is 6.08 Å². The van der Waals surface area contributed by atoms with Crippen molar-refractivity contribution in [2.75, 3.05) is 0 Å². The minimum Gasteiger partial charge on any atom is -0.324 e. The van der Waals surface area contributed by atoms with Crippen LogP contribution in [-0.4, -0.2) is 30.0 Å². The van der Waals surface area contributed by atoms with E-state index in [1.807, 2.05) is 6.92 Å². The van der Waals surface area contributed by atoms with E-state index in [9.17, 15) is 28.7 Å². The number of benzene rings is 2. The smallest absolute Gasteiger partial charge is 0.324 e. The predicted octanol–water partition coefficient (Wildman–Crippen LogP) is 3.83. The Balaban J connectivity index is 2.26. The van der Waals surface area contributed by atoms with Crippen molar-refractivity contribution < 1.29 is 28.7 Å². The standard InChI is InChI=1S/C17H17NO6P2S/c1-11-6-8-12(9-7-11)10-13(17(25(19,20)21)26(22,23)24)16-18-14-4-2-3-5-15(14)27-16/h2-10,17H,1H3,(H2,19,20,21)(H2,22,23,24)/b13-10+. The molecule has 0 aliphatic rings. The van der Waals surface area contributed by atoms with E-state index in [4.69, 9.17) is 0 Å². The molecular weight excluding hydrogens is 408 g/mol. The number of thiazole rings is 1. The fourth-order valence-corrected chi connectivity index (χ4v) is 6.52. The van der Waals surface area contributed by atoms with Crippen molar-refractivity contribution in [2.24, 2.45) is 0 Å². The van der Waals surface area contributed by atoms with Crippen molar-refractivity contribution in [3.05, 3.63) is 64.7 Å². The second-order valence-corrected chi connectivity index (χ2v) is 10.9. The van der Waals surface area contributed by atoms with E-state index in [1.54, 1.807) is 48.5 Å². The molecule has 0 atom stereocenters. The van der Waals surface area contributed by atoms with E-state index in [-0.39, 0.29) is 10.6 Å². The molecule has 0 unspecified atom stereocenters. The Morgan fingerprint density at radius 2 is 1.59 bits per heavy atom. The van der Waals surface area contributed by atoms with E-state index in [2.05, 4.69) is 4.98 Å². The lowest BCUT2D eigenvalue weighted by atomic mass is 10.1. The molecule has 0 aliphatic carbocycles. The van der Waals surface area contributed by atoms with Crippen molar-refractivity contribution in [3.8, 4) is 0 Å². The SMILES string of the molecule is Cc1ccc(/C=C(\c2nc3ccccc3s2)C(P(=O)(O)O)P(=O)(O)O)cc1. The summed E-state index contributed by atoms with van der Waals surface area (Å²) in [4.78, 5) is 43.1.